The van der Waals surface area contributed by atoms with Crippen LogP contribution in [-0.4, -0.2) is 34.1 Å². The zero-order chi connectivity index (χ0) is 19.5. The van der Waals surface area contributed by atoms with Crippen LogP contribution >= 0.6 is 0 Å². The fourth-order valence-corrected chi connectivity index (χ4v) is 2.36. The highest BCUT2D eigenvalue weighted by atomic mass is 19.4. The van der Waals surface area contributed by atoms with Crippen LogP contribution in [0.15, 0.2) is 24.4 Å². The molecule has 26 heavy (non-hydrogen) atoms. The molecule has 1 aromatic heterocycles. The van der Waals surface area contributed by atoms with Crippen LogP contribution in [0.5, 0.6) is 0 Å². The van der Waals surface area contributed by atoms with Crippen LogP contribution in [0.25, 0.3) is 5.57 Å². The molecule has 0 saturated heterocycles. The van der Waals surface area contributed by atoms with Gasteiger partial charge in [0.15, 0.2) is 0 Å². The van der Waals surface area contributed by atoms with Gasteiger partial charge in [-0.3, -0.25) is 4.74 Å². The summed E-state index contributed by atoms with van der Waals surface area (Å²) in [5.74, 6) is 0.0461. The molecule has 1 heterocycles. The van der Waals surface area contributed by atoms with Gasteiger partial charge in [-0.2, -0.15) is 0 Å². The number of alkyl halides is 3. The Hall–Kier alpha value is -2.29. The number of rotatable bonds is 4. The summed E-state index contributed by atoms with van der Waals surface area (Å²) >= 11 is 0. The lowest BCUT2D eigenvalue weighted by atomic mass is 9.94. The van der Waals surface area contributed by atoms with E-state index in [4.69, 9.17) is 4.74 Å². The molecule has 0 aliphatic heterocycles. The highest BCUT2D eigenvalue weighted by molar-refractivity contribution is 5.73. The topological polar surface area (TPSA) is 76.2 Å². The highest BCUT2D eigenvalue weighted by Gasteiger charge is 2.35. The molecule has 1 aliphatic carbocycles. The number of carbonyl (C=O) groups excluding carboxylic acids is 1. The van der Waals surface area contributed by atoms with Gasteiger partial charge in [0.1, 0.15) is 11.4 Å². The number of nitrogens with one attached hydrogen (secondary N) is 2. The molecule has 0 saturated carbocycles. The van der Waals surface area contributed by atoms with Gasteiger partial charge in [-0.05, 0) is 26.3 Å². The second kappa shape index (κ2) is 7.53. The number of amides is 1. The summed E-state index contributed by atoms with van der Waals surface area (Å²) in [6, 6.07) is 0. The molecule has 0 aromatic carbocycles. The normalized spacial score (nSPS) is 20.7. The van der Waals surface area contributed by atoms with E-state index in [0.717, 1.165) is 0 Å². The number of imidazole rings is 1. The van der Waals surface area contributed by atoms with Crippen molar-refractivity contribution in [2.75, 3.05) is 0 Å². The van der Waals surface area contributed by atoms with Crippen molar-refractivity contribution in [3.8, 4) is 0 Å². The number of halogens is 3. The molecule has 0 radical (unpaired) electrons. The van der Waals surface area contributed by atoms with Crippen molar-refractivity contribution in [1.82, 2.24) is 15.3 Å². The van der Waals surface area contributed by atoms with Crippen molar-refractivity contribution in [2.24, 2.45) is 5.92 Å². The molecule has 1 amide bonds. The predicted molar refractivity (Wildman–Crippen MR) is 88.9 cm³/mol. The average molecular weight is 373 g/mol. The lowest BCUT2D eigenvalue weighted by Gasteiger charge is -2.23. The molecule has 1 aromatic rings. The molecule has 1 aliphatic rings. The van der Waals surface area contributed by atoms with E-state index in [1.807, 2.05) is 0 Å². The minimum Gasteiger partial charge on any atom is -0.444 e. The van der Waals surface area contributed by atoms with Crippen molar-refractivity contribution >= 4 is 11.7 Å². The molecular weight excluding hydrogens is 351 g/mol. The van der Waals surface area contributed by atoms with E-state index in [9.17, 15) is 18.0 Å². The van der Waals surface area contributed by atoms with E-state index in [0.29, 0.717) is 17.1 Å². The Balaban J connectivity index is 1.95. The summed E-state index contributed by atoms with van der Waals surface area (Å²) in [5.41, 5.74) is 0.747. The van der Waals surface area contributed by atoms with Crippen molar-refractivity contribution in [3.63, 3.8) is 0 Å². The number of H-pyrrole nitrogens is 1. The number of carbonyl (C=O) groups is 1. The van der Waals surface area contributed by atoms with Gasteiger partial charge >= 0.3 is 12.5 Å². The molecule has 6 nitrogen and oxygen atoms in total. The second-order valence-corrected chi connectivity index (χ2v) is 6.97. The van der Waals surface area contributed by atoms with Crippen molar-refractivity contribution in [2.45, 2.75) is 52.3 Å². The molecule has 0 spiro atoms. The number of hydrogen-bond acceptors (Lipinski definition) is 4. The lowest BCUT2D eigenvalue weighted by molar-refractivity contribution is -0.339. The smallest absolute Gasteiger partial charge is 0.444 e. The van der Waals surface area contributed by atoms with Gasteiger partial charge in [-0.1, -0.05) is 25.2 Å². The van der Waals surface area contributed by atoms with E-state index in [2.05, 4.69) is 20.0 Å². The molecular formula is C17H22F3N3O3. The molecule has 2 N–H and O–H groups in total. The SMILES string of the molecule is CC1C=C(c2cnc(CNC(=O)OC(C)(C)C)[nH]2)C=CC1OC(F)(F)F. The van der Waals surface area contributed by atoms with E-state index in [1.54, 1.807) is 46.0 Å². The summed E-state index contributed by atoms with van der Waals surface area (Å²) in [5, 5.41) is 2.58. The second-order valence-electron chi connectivity index (χ2n) is 6.97. The Morgan fingerprint density at radius 3 is 2.62 bits per heavy atom. The maximum atomic E-state index is 12.4. The van der Waals surface area contributed by atoms with Gasteiger partial charge in [0, 0.05) is 5.92 Å². The molecule has 0 bridgehead atoms. The fourth-order valence-electron chi connectivity index (χ4n) is 2.36. The molecule has 144 valence electrons. The molecule has 2 rings (SSSR count). The number of allylic oxidation sites excluding steroid dienone is 2. The summed E-state index contributed by atoms with van der Waals surface area (Å²) in [4.78, 5) is 18.8. The first-order valence-electron chi connectivity index (χ1n) is 8.08. The molecule has 0 fully saturated rings. The number of nitrogens with zero attached hydrogens (tertiary/aromatic N) is 1. The number of aromatic amines is 1. The predicted octanol–water partition coefficient (Wildman–Crippen LogP) is 3.93. The number of hydrogen-bond donors (Lipinski definition) is 2. The first-order valence-corrected chi connectivity index (χ1v) is 8.08. The Morgan fingerprint density at radius 1 is 1.35 bits per heavy atom. The van der Waals surface area contributed by atoms with E-state index in [1.165, 1.54) is 6.08 Å². The molecule has 9 heteroatoms. The van der Waals surface area contributed by atoms with Gasteiger partial charge in [0.05, 0.1) is 24.5 Å². The van der Waals surface area contributed by atoms with Crippen LogP contribution in [-0.2, 0) is 16.0 Å². The minimum atomic E-state index is -4.68. The standard InChI is InChI=1S/C17H22F3N3O3/c1-10-7-11(5-6-13(10)25-17(18,19)20)12-8-21-14(23-12)9-22-15(24)26-16(2,3)4/h5-8,10,13H,9H2,1-4H3,(H,21,23)(H,22,24). The van der Waals surface area contributed by atoms with Gasteiger partial charge in [0.25, 0.3) is 0 Å². The fraction of sp³-hybridized carbons (Fsp3) is 0.529. The summed E-state index contributed by atoms with van der Waals surface area (Å²) in [6.07, 6.45) is -0.150. The summed E-state index contributed by atoms with van der Waals surface area (Å²) in [6.45, 7) is 7.06. The summed E-state index contributed by atoms with van der Waals surface area (Å²) < 4.78 is 46.3. The zero-order valence-electron chi connectivity index (χ0n) is 15.0. The Kier molecular flexibility index (Phi) is 5.80. The van der Waals surface area contributed by atoms with Crippen LogP contribution < -0.4 is 5.32 Å². The zero-order valence-corrected chi connectivity index (χ0v) is 15.0. The first-order chi connectivity index (χ1) is 11.9. The van der Waals surface area contributed by atoms with E-state index in [-0.39, 0.29) is 6.54 Å². The van der Waals surface area contributed by atoms with E-state index < -0.39 is 30.1 Å². The summed E-state index contributed by atoms with van der Waals surface area (Å²) in [7, 11) is 0. The Bertz CT molecular complexity index is 702. The van der Waals surface area contributed by atoms with Crippen molar-refractivity contribution in [3.05, 3.63) is 35.9 Å². The van der Waals surface area contributed by atoms with Crippen LogP contribution in [0.4, 0.5) is 18.0 Å². The van der Waals surface area contributed by atoms with Gasteiger partial charge in [0.2, 0.25) is 0 Å². The van der Waals surface area contributed by atoms with Crippen LogP contribution in [0.3, 0.4) is 0 Å². The maximum Gasteiger partial charge on any atom is 0.523 e. The van der Waals surface area contributed by atoms with Crippen LogP contribution in [0.1, 0.15) is 39.2 Å². The monoisotopic (exact) mass is 373 g/mol. The Morgan fingerprint density at radius 2 is 2.04 bits per heavy atom. The number of alkyl carbamates (subject to hydrolysis) is 1. The van der Waals surface area contributed by atoms with Crippen molar-refractivity contribution < 1.29 is 27.4 Å². The van der Waals surface area contributed by atoms with Crippen LogP contribution in [0, 0.1) is 5.92 Å². The van der Waals surface area contributed by atoms with Crippen LogP contribution in [0.2, 0.25) is 0 Å². The third-order valence-corrected chi connectivity index (χ3v) is 3.43. The highest BCUT2D eigenvalue weighted by Crippen LogP contribution is 2.29. The quantitative estimate of drug-likeness (QED) is 0.839. The Labute approximate surface area is 149 Å². The third kappa shape index (κ3) is 6.21. The maximum absolute atomic E-state index is 12.4. The molecule has 2 unspecified atom stereocenters. The van der Waals surface area contributed by atoms with Gasteiger partial charge in [-0.15, -0.1) is 13.2 Å². The average Bonchev–Trinajstić information content (AvgIpc) is 2.93. The third-order valence-electron chi connectivity index (χ3n) is 3.43. The number of aromatic nitrogens is 2. The minimum absolute atomic E-state index is 0.140. The van der Waals surface area contributed by atoms with Gasteiger partial charge in [-0.25, -0.2) is 9.78 Å². The van der Waals surface area contributed by atoms with Crippen molar-refractivity contribution in [1.29, 1.82) is 0 Å². The largest absolute Gasteiger partial charge is 0.523 e. The molecule has 2 atom stereocenters. The number of ether oxygens (including phenoxy) is 2. The van der Waals surface area contributed by atoms with Gasteiger partial charge < -0.3 is 15.0 Å². The lowest BCUT2D eigenvalue weighted by Crippen LogP contribution is -2.32. The van der Waals surface area contributed by atoms with E-state index >= 15 is 0 Å². The first kappa shape index (κ1) is 20.0.